The number of hydrogen-bond acceptors (Lipinski definition) is 3. The van der Waals surface area contributed by atoms with Gasteiger partial charge < -0.3 is 15.0 Å². The number of para-hydroxylation sites is 1. The zero-order valence-electron chi connectivity index (χ0n) is 15.1. The van der Waals surface area contributed by atoms with Gasteiger partial charge in [0, 0.05) is 17.3 Å². The van der Waals surface area contributed by atoms with Crippen molar-refractivity contribution in [3.8, 4) is 6.07 Å². The first-order chi connectivity index (χ1) is 13.5. The molecule has 0 bridgehead atoms. The van der Waals surface area contributed by atoms with Crippen molar-refractivity contribution >= 4 is 22.5 Å². The maximum atomic E-state index is 14.1. The van der Waals surface area contributed by atoms with Crippen molar-refractivity contribution in [3.05, 3.63) is 65.6 Å². The number of hydrogen-bond donors (Lipinski definition) is 2. The van der Waals surface area contributed by atoms with Crippen molar-refractivity contribution < 1.29 is 27.5 Å². The molecule has 1 amide bonds. The average Bonchev–Trinajstić information content (AvgIpc) is 3.04. The molecule has 0 fully saturated rings. The van der Waals surface area contributed by atoms with E-state index >= 15 is 0 Å². The summed E-state index contributed by atoms with van der Waals surface area (Å²) >= 11 is 0. The molecule has 2 aromatic carbocycles. The van der Waals surface area contributed by atoms with Gasteiger partial charge in [0.25, 0.3) is 5.91 Å². The van der Waals surface area contributed by atoms with E-state index in [0.717, 1.165) is 12.1 Å². The van der Waals surface area contributed by atoms with E-state index in [1.54, 1.807) is 12.1 Å². The van der Waals surface area contributed by atoms with Crippen LogP contribution in [0.15, 0.2) is 48.7 Å². The predicted molar refractivity (Wildman–Crippen MR) is 97.3 cm³/mol. The van der Waals surface area contributed by atoms with Gasteiger partial charge >= 0.3 is 6.18 Å². The molecule has 3 rings (SSSR count). The van der Waals surface area contributed by atoms with E-state index in [9.17, 15) is 27.5 Å². The number of nitriles is 1. The lowest BCUT2D eigenvalue weighted by molar-refractivity contribution is -0.138. The average molecular weight is 405 g/mol. The van der Waals surface area contributed by atoms with E-state index < -0.39 is 34.6 Å². The highest BCUT2D eigenvalue weighted by atomic mass is 19.4. The number of amides is 1. The molecule has 0 saturated carbocycles. The van der Waals surface area contributed by atoms with E-state index in [1.807, 2.05) is 0 Å². The fraction of sp³-hybridized carbons (Fsp3) is 0.200. The molecule has 1 unspecified atom stereocenters. The Hall–Kier alpha value is -3.38. The topological polar surface area (TPSA) is 78.1 Å². The van der Waals surface area contributed by atoms with Crippen LogP contribution in [-0.2, 0) is 17.5 Å². The molecule has 1 heterocycles. The second-order valence-corrected chi connectivity index (χ2v) is 6.72. The van der Waals surface area contributed by atoms with E-state index in [2.05, 4.69) is 5.32 Å². The third kappa shape index (κ3) is 4.07. The van der Waals surface area contributed by atoms with Gasteiger partial charge in [-0.1, -0.05) is 12.1 Å². The van der Waals surface area contributed by atoms with Crippen molar-refractivity contribution in [1.29, 1.82) is 5.26 Å². The molecular weight excluding hydrogens is 390 g/mol. The number of anilines is 1. The lowest BCUT2D eigenvalue weighted by atomic mass is 10.0. The molecule has 29 heavy (non-hydrogen) atoms. The molecule has 1 atom stereocenters. The SMILES string of the molecule is CC(O)(Cn1ccc2cccc(F)c21)C(=O)Nc1ccc(C#N)c(C(F)(F)F)c1. The fourth-order valence-corrected chi connectivity index (χ4v) is 2.97. The van der Waals surface area contributed by atoms with Crippen LogP contribution in [0.25, 0.3) is 10.9 Å². The van der Waals surface area contributed by atoms with E-state index in [4.69, 9.17) is 5.26 Å². The number of carbonyl (C=O) groups excluding carboxylic acids is 1. The van der Waals surface area contributed by atoms with Crippen molar-refractivity contribution in [2.24, 2.45) is 0 Å². The minimum Gasteiger partial charge on any atom is -0.378 e. The Morgan fingerprint density at radius 3 is 2.62 bits per heavy atom. The fourth-order valence-electron chi connectivity index (χ4n) is 2.97. The summed E-state index contributed by atoms with van der Waals surface area (Å²) in [6.45, 7) is 0.842. The first kappa shape index (κ1) is 20.4. The minimum absolute atomic E-state index is 0.193. The number of benzene rings is 2. The van der Waals surface area contributed by atoms with Crippen molar-refractivity contribution in [1.82, 2.24) is 4.57 Å². The molecule has 150 valence electrons. The number of fused-ring (bicyclic) bond motifs is 1. The lowest BCUT2D eigenvalue weighted by Crippen LogP contribution is -2.43. The molecule has 9 heteroatoms. The van der Waals surface area contributed by atoms with Crippen molar-refractivity contribution in [2.75, 3.05) is 5.32 Å². The quantitative estimate of drug-likeness (QED) is 0.643. The summed E-state index contributed by atoms with van der Waals surface area (Å²) in [5.74, 6) is -1.51. The Morgan fingerprint density at radius 1 is 1.24 bits per heavy atom. The summed E-state index contributed by atoms with van der Waals surface area (Å²) in [5, 5.41) is 22.2. The van der Waals surface area contributed by atoms with Crippen LogP contribution in [0.3, 0.4) is 0 Å². The third-order valence-corrected chi connectivity index (χ3v) is 4.41. The number of aliphatic hydroxyl groups is 1. The molecule has 1 aromatic heterocycles. The smallest absolute Gasteiger partial charge is 0.378 e. The molecular formula is C20H15F4N3O2. The van der Waals surface area contributed by atoms with E-state index in [0.29, 0.717) is 11.5 Å². The molecule has 5 nitrogen and oxygen atoms in total. The Bertz CT molecular complexity index is 1130. The van der Waals surface area contributed by atoms with Gasteiger partial charge in [0.1, 0.15) is 5.82 Å². The van der Waals surface area contributed by atoms with Crippen LogP contribution in [0, 0.1) is 17.1 Å². The Labute approximate surface area is 162 Å². The molecule has 2 N–H and O–H groups in total. The molecule has 0 saturated heterocycles. The summed E-state index contributed by atoms with van der Waals surface area (Å²) in [6.07, 6.45) is -3.28. The third-order valence-electron chi connectivity index (χ3n) is 4.41. The zero-order valence-corrected chi connectivity index (χ0v) is 15.1. The van der Waals surface area contributed by atoms with Crippen molar-refractivity contribution in [2.45, 2.75) is 25.2 Å². The van der Waals surface area contributed by atoms with Crippen molar-refractivity contribution in [3.63, 3.8) is 0 Å². The minimum atomic E-state index is -4.78. The zero-order chi connectivity index (χ0) is 21.4. The van der Waals surface area contributed by atoms with Gasteiger partial charge in [-0.05, 0) is 37.3 Å². The van der Waals surface area contributed by atoms with Gasteiger partial charge in [-0.2, -0.15) is 18.4 Å². The van der Waals surface area contributed by atoms with Gasteiger partial charge in [-0.3, -0.25) is 4.79 Å². The second-order valence-electron chi connectivity index (χ2n) is 6.72. The summed E-state index contributed by atoms with van der Waals surface area (Å²) in [6, 6.07) is 10.2. The summed E-state index contributed by atoms with van der Waals surface area (Å²) in [7, 11) is 0. The van der Waals surface area contributed by atoms with Gasteiger partial charge in [-0.15, -0.1) is 0 Å². The van der Waals surface area contributed by atoms with Crippen LogP contribution in [0.4, 0.5) is 23.2 Å². The molecule has 0 aliphatic carbocycles. The normalized spacial score (nSPS) is 13.7. The number of nitrogens with zero attached hydrogens (tertiary/aromatic N) is 2. The van der Waals surface area contributed by atoms with Crippen LogP contribution in [0.1, 0.15) is 18.1 Å². The molecule has 3 aromatic rings. The highest BCUT2D eigenvalue weighted by Crippen LogP contribution is 2.33. The molecule has 0 aliphatic rings. The number of halogens is 4. The number of alkyl halides is 3. The highest BCUT2D eigenvalue weighted by Gasteiger charge is 2.35. The summed E-state index contributed by atoms with van der Waals surface area (Å²) in [4.78, 5) is 12.5. The summed E-state index contributed by atoms with van der Waals surface area (Å²) < 4.78 is 54.7. The van der Waals surface area contributed by atoms with Gasteiger partial charge in [0.05, 0.1) is 29.3 Å². The van der Waals surface area contributed by atoms with Crippen LogP contribution < -0.4 is 5.32 Å². The predicted octanol–water partition coefficient (Wildman–Crippen LogP) is 4.06. The van der Waals surface area contributed by atoms with Crippen LogP contribution in [0.5, 0.6) is 0 Å². The maximum Gasteiger partial charge on any atom is 0.417 e. The number of nitrogens with one attached hydrogen (secondary N) is 1. The largest absolute Gasteiger partial charge is 0.417 e. The van der Waals surface area contributed by atoms with Gasteiger partial charge in [-0.25, -0.2) is 4.39 Å². The van der Waals surface area contributed by atoms with Crippen LogP contribution in [-0.4, -0.2) is 21.2 Å². The Morgan fingerprint density at radius 2 is 1.97 bits per heavy atom. The maximum absolute atomic E-state index is 14.1. The standard InChI is InChI=1S/C20H15F4N3O2/c1-19(29,11-27-8-7-12-3-2-4-16(21)17(12)27)18(28)26-14-6-5-13(10-25)15(9-14)20(22,23)24/h2-9,29H,11H2,1H3,(H,26,28). The van der Waals surface area contributed by atoms with E-state index in [1.165, 1.54) is 35.9 Å². The molecule has 0 aliphatic heterocycles. The number of carbonyl (C=O) groups is 1. The lowest BCUT2D eigenvalue weighted by Gasteiger charge is -2.24. The second kappa shape index (κ2) is 7.22. The first-order valence-corrected chi connectivity index (χ1v) is 8.41. The summed E-state index contributed by atoms with van der Waals surface area (Å²) in [5.41, 5.74) is -3.88. The van der Waals surface area contributed by atoms with Crippen LogP contribution in [0.2, 0.25) is 0 Å². The van der Waals surface area contributed by atoms with Crippen LogP contribution >= 0.6 is 0 Å². The number of aromatic nitrogens is 1. The van der Waals surface area contributed by atoms with Gasteiger partial charge in [0.15, 0.2) is 5.60 Å². The first-order valence-electron chi connectivity index (χ1n) is 8.41. The highest BCUT2D eigenvalue weighted by molar-refractivity contribution is 5.97. The Balaban J connectivity index is 1.85. The molecule has 0 radical (unpaired) electrons. The monoisotopic (exact) mass is 405 g/mol. The van der Waals surface area contributed by atoms with Gasteiger partial charge in [0.2, 0.25) is 0 Å². The Kier molecular flexibility index (Phi) is 5.07. The number of rotatable bonds is 4. The van der Waals surface area contributed by atoms with E-state index in [-0.39, 0.29) is 17.7 Å². The molecule has 0 spiro atoms.